The summed E-state index contributed by atoms with van der Waals surface area (Å²) in [7, 11) is 0. The molecule has 1 amide bonds. The van der Waals surface area contributed by atoms with E-state index in [-0.39, 0.29) is 17.1 Å². The van der Waals surface area contributed by atoms with Crippen LogP contribution in [0.5, 0.6) is 5.75 Å². The normalized spacial score (nSPS) is 11.6. The zero-order chi connectivity index (χ0) is 19.6. The van der Waals surface area contributed by atoms with Crippen molar-refractivity contribution < 1.29 is 9.90 Å². The highest BCUT2D eigenvalue weighted by Gasteiger charge is 2.26. The number of phenols is 1. The highest BCUT2D eigenvalue weighted by molar-refractivity contribution is 6.14. The predicted octanol–water partition coefficient (Wildman–Crippen LogP) is 2.29. The minimum atomic E-state index is -0.619. The van der Waals surface area contributed by atoms with Gasteiger partial charge in [-0.15, -0.1) is 0 Å². The van der Waals surface area contributed by atoms with Gasteiger partial charge in [0.2, 0.25) is 0 Å². The summed E-state index contributed by atoms with van der Waals surface area (Å²) in [6, 6.07) is 3.70. The van der Waals surface area contributed by atoms with E-state index >= 15 is 0 Å². The zero-order valence-corrected chi connectivity index (χ0v) is 15.5. The summed E-state index contributed by atoms with van der Waals surface area (Å²) in [6.45, 7) is 7.45. The quantitative estimate of drug-likeness (QED) is 0.503. The van der Waals surface area contributed by atoms with Crippen molar-refractivity contribution in [2.24, 2.45) is 5.73 Å². The average molecular weight is 364 g/mol. The van der Waals surface area contributed by atoms with Gasteiger partial charge in [0.05, 0.1) is 11.3 Å². The Morgan fingerprint density at radius 1 is 1.15 bits per heavy atom. The first-order valence-corrected chi connectivity index (χ1v) is 8.47. The van der Waals surface area contributed by atoms with Gasteiger partial charge < -0.3 is 16.6 Å². The third kappa shape index (κ3) is 2.13. The number of nitrogens with zero attached hydrogens (tertiary/aromatic N) is 4. The van der Waals surface area contributed by atoms with E-state index in [1.807, 2.05) is 39.8 Å². The molecule has 0 fully saturated rings. The number of nitrogens with two attached hydrogens (primary N) is 2. The molecule has 8 heteroatoms. The Labute approximate surface area is 155 Å². The number of anilines is 1. The van der Waals surface area contributed by atoms with Gasteiger partial charge in [-0.05, 0) is 44.9 Å². The van der Waals surface area contributed by atoms with Crippen molar-refractivity contribution in [1.29, 1.82) is 0 Å². The van der Waals surface area contributed by atoms with Crippen molar-refractivity contribution in [3.05, 3.63) is 46.4 Å². The van der Waals surface area contributed by atoms with Crippen molar-refractivity contribution in [3.8, 4) is 11.4 Å². The van der Waals surface area contributed by atoms with Gasteiger partial charge in [-0.1, -0.05) is 6.07 Å². The first-order chi connectivity index (χ1) is 12.7. The van der Waals surface area contributed by atoms with Gasteiger partial charge in [0.1, 0.15) is 23.4 Å². The third-order valence-electron chi connectivity index (χ3n) is 5.05. The Balaban J connectivity index is 2.30. The Morgan fingerprint density at radius 3 is 2.52 bits per heavy atom. The fraction of sp³-hybridized carbons (Fsp3) is 0.211. The molecule has 0 bridgehead atoms. The number of hydrogen-bond acceptors (Lipinski definition) is 5. The SMILES string of the molecule is Cc1cc(C)c(-n2c(N)c(C(N)=O)c3cc(C)n4ncnc4c32)c(C)c1O. The second kappa shape index (κ2) is 5.47. The third-order valence-corrected chi connectivity index (χ3v) is 5.05. The summed E-state index contributed by atoms with van der Waals surface area (Å²) in [5.74, 6) is -0.226. The number of rotatable bonds is 2. The average Bonchev–Trinajstić information content (AvgIpc) is 3.17. The summed E-state index contributed by atoms with van der Waals surface area (Å²) in [6.07, 6.45) is 1.45. The number of carbonyl (C=O) groups excluding carboxylic acids is 1. The molecular weight excluding hydrogens is 344 g/mol. The van der Waals surface area contributed by atoms with E-state index < -0.39 is 5.91 Å². The van der Waals surface area contributed by atoms with Gasteiger partial charge in [-0.2, -0.15) is 5.10 Å². The van der Waals surface area contributed by atoms with Crippen LogP contribution in [0.2, 0.25) is 0 Å². The van der Waals surface area contributed by atoms with E-state index in [9.17, 15) is 9.90 Å². The molecule has 0 saturated heterocycles. The second-order valence-electron chi connectivity index (χ2n) is 6.84. The summed E-state index contributed by atoms with van der Waals surface area (Å²) >= 11 is 0. The van der Waals surface area contributed by atoms with Crippen molar-refractivity contribution in [3.63, 3.8) is 0 Å². The number of aromatic hydroxyl groups is 1. The summed E-state index contributed by atoms with van der Waals surface area (Å²) < 4.78 is 3.42. The largest absolute Gasteiger partial charge is 0.507 e. The Morgan fingerprint density at radius 2 is 1.85 bits per heavy atom. The molecule has 1 aromatic carbocycles. The van der Waals surface area contributed by atoms with Gasteiger partial charge in [-0.25, -0.2) is 9.50 Å². The van der Waals surface area contributed by atoms with Crippen LogP contribution in [0.25, 0.3) is 22.2 Å². The number of benzene rings is 1. The molecule has 0 spiro atoms. The summed E-state index contributed by atoms with van der Waals surface area (Å²) in [5, 5.41) is 15.3. The molecule has 0 aliphatic heterocycles. The molecule has 0 atom stereocenters. The summed E-state index contributed by atoms with van der Waals surface area (Å²) in [4.78, 5) is 16.6. The number of amides is 1. The number of carbonyl (C=O) groups is 1. The van der Waals surface area contributed by atoms with Crippen LogP contribution in [0.15, 0.2) is 18.5 Å². The minimum absolute atomic E-state index is 0.182. The smallest absolute Gasteiger partial charge is 0.253 e. The first-order valence-electron chi connectivity index (χ1n) is 8.47. The van der Waals surface area contributed by atoms with Crippen LogP contribution in [-0.4, -0.2) is 30.2 Å². The van der Waals surface area contributed by atoms with E-state index in [2.05, 4.69) is 10.1 Å². The molecule has 4 aromatic rings. The zero-order valence-electron chi connectivity index (χ0n) is 15.5. The Kier molecular flexibility index (Phi) is 3.42. The molecule has 3 aromatic heterocycles. The number of phenolic OH excluding ortho intramolecular Hbond substituents is 1. The molecular formula is C19H20N6O2. The lowest BCUT2D eigenvalue weighted by Gasteiger charge is -2.17. The minimum Gasteiger partial charge on any atom is -0.507 e. The number of nitrogen functional groups attached to an aromatic ring is 1. The molecule has 138 valence electrons. The highest BCUT2D eigenvalue weighted by atomic mass is 16.3. The van der Waals surface area contributed by atoms with Crippen molar-refractivity contribution in [2.45, 2.75) is 27.7 Å². The van der Waals surface area contributed by atoms with Gasteiger partial charge in [-0.3, -0.25) is 9.36 Å². The number of aryl methyl sites for hydroxylation is 3. The lowest BCUT2D eigenvalue weighted by Crippen LogP contribution is -2.14. The molecule has 4 rings (SSSR count). The van der Waals surface area contributed by atoms with Gasteiger partial charge in [0.25, 0.3) is 5.91 Å². The van der Waals surface area contributed by atoms with Gasteiger partial charge in [0.15, 0.2) is 5.65 Å². The van der Waals surface area contributed by atoms with E-state index in [1.165, 1.54) is 6.33 Å². The molecule has 0 aliphatic rings. The highest BCUT2D eigenvalue weighted by Crippen LogP contribution is 2.39. The van der Waals surface area contributed by atoms with Gasteiger partial charge >= 0.3 is 0 Å². The second-order valence-corrected chi connectivity index (χ2v) is 6.84. The number of aromatic nitrogens is 4. The lowest BCUT2D eigenvalue weighted by molar-refractivity contribution is 0.100. The fourth-order valence-corrected chi connectivity index (χ4v) is 3.90. The van der Waals surface area contributed by atoms with Crippen LogP contribution < -0.4 is 11.5 Å². The lowest BCUT2D eigenvalue weighted by atomic mass is 10.0. The number of primary amides is 1. The maximum absolute atomic E-state index is 12.2. The van der Waals surface area contributed by atoms with E-state index in [1.54, 1.807) is 9.08 Å². The maximum atomic E-state index is 12.2. The number of pyridine rings is 1. The van der Waals surface area contributed by atoms with Crippen LogP contribution in [0.3, 0.4) is 0 Å². The molecule has 5 N–H and O–H groups in total. The van der Waals surface area contributed by atoms with Crippen molar-refractivity contribution >= 4 is 28.3 Å². The number of fused-ring (bicyclic) bond motifs is 3. The Bertz CT molecular complexity index is 1270. The molecule has 27 heavy (non-hydrogen) atoms. The molecule has 3 heterocycles. The molecule has 8 nitrogen and oxygen atoms in total. The molecule has 0 saturated carbocycles. The van der Waals surface area contributed by atoms with Gasteiger partial charge in [0, 0.05) is 16.6 Å². The maximum Gasteiger partial charge on any atom is 0.253 e. The van der Waals surface area contributed by atoms with Crippen molar-refractivity contribution in [2.75, 3.05) is 5.73 Å². The van der Waals surface area contributed by atoms with Crippen LogP contribution in [0.1, 0.15) is 32.7 Å². The van der Waals surface area contributed by atoms with Crippen LogP contribution >= 0.6 is 0 Å². The van der Waals surface area contributed by atoms with E-state index in [0.29, 0.717) is 27.8 Å². The summed E-state index contributed by atoms with van der Waals surface area (Å²) in [5.41, 5.74) is 17.3. The molecule has 0 unspecified atom stereocenters. The first kappa shape index (κ1) is 16.9. The Hall–Kier alpha value is -3.55. The standard InChI is InChI=1S/C19H20N6O2/c1-8-5-9(2)16(26)11(4)14(8)24-15-12(13(17(24)20)18(21)27)6-10(3)25-19(15)22-7-23-25/h5-7,26H,20H2,1-4H3,(H2,21,27). The fourth-order valence-electron chi connectivity index (χ4n) is 3.90. The predicted molar refractivity (Wildman–Crippen MR) is 103 cm³/mol. The van der Waals surface area contributed by atoms with E-state index in [4.69, 9.17) is 11.5 Å². The monoisotopic (exact) mass is 364 g/mol. The van der Waals surface area contributed by atoms with Crippen LogP contribution in [-0.2, 0) is 0 Å². The van der Waals surface area contributed by atoms with Crippen molar-refractivity contribution in [1.82, 2.24) is 19.2 Å². The number of hydrogen-bond donors (Lipinski definition) is 3. The van der Waals surface area contributed by atoms with E-state index in [0.717, 1.165) is 16.8 Å². The van der Waals surface area contributed by atoms with Crippen LogP contribution in [0, 0.1) is 27.7 Å². The molecule has 0 aliphatic carbocycles. The molecule has 0 radical (unpaired) electrons. The topological polar surface area (TPSA) is 124 Å². The van der Waals surface area contributed by atoms with Crippen LogP contribution in [0.4, 0.5) is 5.82 Å².